The Morgan fingerprint density at radius 2 is 1.89 bits per heavy atom. The molecule has 3 aromatic carbocycles. The molecule has 0 spiro atoms. The second kappa shape index (κ2) is 10.5. The number of para-hydroxylation sites is 1. The Hall–Kier alpha value is -4.03. The summed E-state index contributed by atoms with van der Waals surface area (Å²) < 4.78 is 0. The standard InChI is InChI=1S/C27H17Cl2N5O2S/c1-30-24-23(19-13-31-22-8-3-2-7-18(19)22)33-27(34-26(24)36)37-14-15-5-4-6-17(11-15)32-25(35)16-9-10-20(28)21(29)12-16/h2-13,31H,14H2,(H,32,35)(H,33,34,36). The third-order valence-electron chi connectivity index (χ3n) is 5.57. The largest absolute Gasteiger partial charge is 0.361 e. The first-order valence-corrected chi connectivity index (χ1v) is 12.7. The van der Waals surface area contributed by atoms with E-state index in [0.29, 0.717) is 43.5 Å². The van der Waals surface area contributed by atoms with Gasteiger partial charge in [0.05, 0.1) is 22.3 Å². The van der Waals surface area contributed by atoms with Crippen LogP contribution in [0.15, 0.2) is 82.9 Å². The smallest absolute Gasteiger partial charge is 0.276 e. The van der Waals surface area contributed by atoms with E-state index in [-0.39, 0.29) is 11.6 Å². The van der Waals surface area contributed by atoms with Crippen LogP contribution in [0.2, 0.25) is 10.0 Å². The van der Waals surface area contributed by atoms with Gasteiger partial charge in [0.1, 0.15) is 0 Å². The molecule has 0 radical (unpaired) electrons. The van der Waals surface area contributed by atoms with Gasteiger partial charge in [-0.1, -0.05) is 65.3 Å². The fourth-order valence-corrected chi connectivity index (χ4v) is 4.91. The zero-order valence-electron chi connectivity index (χ0n) is 19.0. The molecule has 0 aliphatic heterocycles. The minimum Gasteiger partial charge on any atom is -0.361 e. The number of carbonyl (C=O) groups is 1. The van der Waals surface area contributed by atoms with Crippen LogP contribution >= 0.6 is 35.0 Å². The van der Waals surface area contributed by atoms with Crippen LogP contribution in [0.5, 0.6) is 0 Å². The van der Waals surface area contributed by atoms with E-state index in [9.17, 15) is 9.59 Å². The summed E-state index contributed by atoms with van der Waals surface area (Å²) in [5.41, 5.74) is 3.28. The molecule has 0 aliphatic rings. The van der Waals surface area contributed by atoms with Crippen LogP contribution in [0.4, 0.5) is 11.4 Å². The van der Waals surface area contributed by atoms with Crippen molar-refractivity contribution in [2.24, 2.45) is 0 Å². The number of anilines is 1. The Morgan fingerprint density at radius 3 is 2.70 bits per heavy atom. The van der Waals surface area contributed by atoms with Gasteiger partial charge in [-0.25, -0.2) is 9.83 Å². The highest BCUT2D eigenvalue weighted by Crippen LogP contribution is 2.33. The highest BCUT2D eigenvalue weighted by atomic mass is 35.5. The maximum atomic E-state index is 12.7. The third-order valence-corrected chi connectivity index (χ3v) is 7.26. The lowest BCUT2D eigenvalue weighted by molar-refractivity contribution is 0.102. The van der Waals surface area contributed by atoms with Gasteiger partial charge in [-0.05, 0) is 42.0 Å². The predicted octanol–water partition coefficient (Wildman–Crippen LogP) is 7.32. The van der Waals surface area contributed by atoms with Crippen LogP contribution in [-0.4, -0.2) is 20.9 Å². The molecule has 0 atom stereocenters. The first-order chi connectivity index (χ1) is 17.9. The zero-order chi connectivity index (χ0) is 25.9. The molecule has 0 saturated carbocycles. The van der Waals surface area contributed by atoms with Crippen LogP contribution in [-0.2, 0) is 5.75 Å². The van der Waals surface area contributed by atoms with Crippen molar-refractivity contribution in [3.05, 3.63) is 116 Å². The number of fused-ring (bicyclic) bond motifs is 1. The topological polar surface area (TPSA) is 95.0 Å². The lowest BCUT2D eigenvalue weighted by Gasteiger charge is -2.09. The van der Waals surface area contributed by atoms with E-state index in [1.807, 2.05) is 42.5 Å². The fourth-order valence-electron chi connectivity index (χ4n) is 3.80. The van der Waals surface area contributed by atoms with Gasteiger partial charge >= 0.3 is 0 Å². The van der Waals surface area contributed by atoms with Gasteiger partial charge in [-0.15, -0.1) is 0 Å². The Kier molecular flexibility index (Phi) is 7.01. The fraction of sp³-hybridized carbons (Fsp3) is 0.0370. The molecule has 0 saturated heterocycles. The summed E-state index contributed by atoms with van der Waals surface area (Å²) in [6, 6.07) is 19.7. The Labute approximate surface area is 225 Å². The molecule has 182 valence electrons. The maximum Gasteiger partial charge on any atom is 0.276 e. The van der Waals surface area contributed by atoms with Crippen LogP contribution < -0.4 is 10.9 Å². The number of hydrogen-bond donors (Lipinski definition) is 3. The monoisotopic (exact) mass is 545 g/mol. The number of aromatic nitrogens is 3. The van der Waals surface area contributed by atoms with Gasteiger partial charge in [0.25, 0.3) is 17.2 Å². The maximum absolute atomic E-state index is 12.7. The predicted molar refractivity (Wildman–Crippen MR) is 149 cm³/mol. The molecule has 10 heteroatoms. The molecule has 7 nitrogen and oxygen atoms in total. The van der Waals surface area contributed by atoms with E-state index >= 15 is 0 Å². The Balaban J connectivity index is 1.36. The molecule has 5 rings (SSSR count). The Morgan fingerprint density at radius 1 is 1.05 bits per heavy atom. The summed E-state index contributed by atoms with van der Waals surface area (Å²) in [6.45, 7) is 7.51. The number of nitrogens with one attached hydrogen (secondary N) is 3. The zero-order valence-corrected chi connectivity index (χ0v) is 21.3. The van der Waals surface area contributed by atoms with Crippen molar-refractivity contribution >= 4 is 63.1 Å². The number of benzene rings is 3. The first kappa shape index (κ1) is 24.7. The van der Waals surface area contributed by atoms with E-state index in [2.05, 4.69) is 25.1 Å². The van der Waals surface area contributed by atoms with Crippen molar-refractivity contribution in [2.75, 3.05) is 5.32 Å². The minimum atomic E-state index is -0.490. The number of halogens is 2. The van der Waals surface area contributed by atoms with Gasteiger partial charge in [0.15, 0.2) is 5.16 Å². The number of thioether (sulfide) groups is 1. The third kappa shape index (κ3) is 5.25. The van der Waals surface area contributed by atoms with Crippen LogP contribution in [0.1, 0.15) is 15.9 Å². The number of H-pyrrole nitrogens is 2. The van der Waals surface area contributed by atoms with E-state index < -0.39 is 5.56 Å². The summed E-state index contributed by atoms with van der Waals surface area (Å²) in [6.07, 6.45) is 1.76. The molecule has 1 amide bonds. The molecule has 5 aromatic rings. The number of nitrogens with zero attached hydrogens (tertiary/aromatic N) is 2. The van der Waals surface area contributed by atoms with Crippen molar-refractivity contribution in [2.45, 2.75) is 10.9 Å². The molecule has 2 heterocycles. The molecule has 3 N–H and O–H groups in total. The number of hydrogen-bond acceptors (Lipinski definition) is 4. The van der Waals surface area contributed by atoms with Crippen molar-refractivity contribution in [1.29, 1.82) is 0 Å². The van der Waals surface area contributed by atoms with Crippen LogP contribution in [0.3, 0.4) is 0 Å². The van der Waals surface area contributed by atoms with Crippen molar-refractivity contribution < 1.29 is 4.79 Å². The van der Waals surface area contributed by atoms with Crippen molar-refractivity contribution in [1.82, 2.24) is 15.0 Å². The number of carbonyl (C=O) groups excluding carboxylic acids is 1. The summed E-state index contributed by atoms with van der Waals surface area (Å²) in [5.74, 6) is 0.164. The molecular weight excluding hydrogens is 529 g/mol. The average Bonchev–Trinajstić information content (AvgIpc) is 3.33. The first-order valence-electron chi connectivity index (χ1n) is 11.0. The van der Waals surface area contributed by atoms with E-state index in [0.717, 1.165) is 16.5 Å². The Bertz CT molecular complexity index is 1760. The summed E-state index contributed by atoms with van der Waals surface area (Å²) >= 11 is 13.3. The molecule has 0 bridgehead atoms. The highest BCUT2D eigenvalue weighted by molar-refractivity contribution is 7.98. The molecule has 2 aromatic heterocycles. The second-order valence-electron chi connectivity index (χ2n) is 8.00. The second-order valence-corrected chi connectivity index (χ2v) is 9.78. The minimum absolute atomic E-state index is 0.0545. The highest BCUT2D eigenvalue weighted by Gasteiger charge is 2.17. The number of rotatable bonds is 6. The van der Waals surface area contributed by atoms with E-state index in [1.165, 1.54) is 17.8 Å². The van der Waals surface area contributed by atoms with Gasteiger partial charge in [-0.2, -0.15) is 0 Å². The summed E-state index contributed by atoms with van der Waals surface area (Å²) in [7, 11) is 0. The molecule has 0 fully saturated rings. The van der Waals surface area contributed by atoms with Gasteiger partial charge in [0, 0.05) is 39.7 Å². The summed E-state index contributed by atoms with van der Waals surface area (Å²) in [4.78, 5) is 39.2. The SMILES string of the molecule is [C-]#[N+]c1c(-c2c[nH]c3ccccc23)nc(SCc2cccc(NC(=O)c3ccc(Cl)c(Cl)c3)c2)[nH]c1=O. The van der Waals surface area contributed by atoms with Gasteiger partial charge in [-0.3, -0.25) is 9.59 Å². The lowest BCUT2D eigenvalue weighted by atomic mass is 10.1. The van der Waals surface area contributed by atoms with Crippen LogP contribution in [0.25, 0.3) is 27.0 Å². The van der Waals surface area contributed by atoms with Crippen molar-refractivity contribution in [3.63, 3.8) is 0 Å². The molecule has 0 aliphatic carbocycles. The molecular formula is C27H17Cl2N5O2S. The average molecular weight is 546 g/mol. The van der Waals surface area contributed by atoms with E-state index in [4.69, 9.17) is 29.8 Å². The molecule has 0 unspecified atom stereocenters. The van der Waals surface area contributed by atoms with Gasteiger partial charge < -0.3 is 15.3 Å². The van der Waals surface area contributed by atoms with Gasteiger partial charge in [0.2, 0.25) is 0 Å². The summed E-state index contributed by atoms with van der Waals surface area (Å²) in [5, 5.41) is 4.80. The quantitative estimate of drug-likeness (QED) is 0.118. The normalized spacial score (nSPS) is 10.8. The lowest BCUT2D eigenvalue weighted by Crippen LogP contribution is -2.12. The van der Waals surface area contributed by atoms with Crippen molar-refractivity contribution in [3.8, 4) is 11.3 Å². The van der Waals surface area contributed by atoms with Crippen LogP contribution in [0, 0.1) is 6.57 Å². The number of amides is 1. The molecule has 37 heavy (non-hydrogen) atoms. The van der Waals surface area contributed by atoms with E-state index in [1.54, 1.807) is 24.4 Å². The number of aromatic amines is 2.